The number of rotatable bonds is 11. The second-order valence-corrected chi connectivity index (χ2v) is 11.8. The molecule has 0 atom stereocenters. The van der Waals surface area contributed by atoms with E-state index in [2.05, 4.69) is 43.6 Å². The maximum absolute atomic E-state index is 13.4. The Labute approximate surface area is 258 Å². The highest BCUT2D eigenvalue weighted by Gasteiger charge is 2.16. The van der Waals surface area contributed by atoms with Gasteiger partial charge in [-0.05, 0) is 77.1 Å². The highest BCUT2D eigenvalue weighted by molar-refractivity contribution is 8.00. The van der Waals surface area contributed by atoms with Crippen molar-refractivity contribution in [3.05, 3.63) is 131 Å². The van der Waals surface area contributed by atoms with Crippen LogP contribution in [-0.2, 0) is 9.59 Å². The molecule has 43 heavy (non-hydrogen) atoms. The second kappa shape index (κ2) is 15.0. The molecule has 0 spiro atoms. The predicted molar refractivity (Wildman–Crippen MR) is 177 cm³/mol. The lowest BCUT2D eigenvalue weighted by Gasteiger charge is -2.13. The molecular weight excluding hydrogens is 554 g/mol. The minimum Gasteiger partial charge on any atom is -0.325 e. The summed E-state index contributed by atoms with van der Waals surface area (Å²) in [6.45, 7) is 8.50. The van der Waals surface area contributed by atoms with Crippen LogP contribution >= 0.6 is 11.8 Å². The molecule has 0 aliphatic heterocycles. The molecular formula is C36H37N3O3S. The second-order valence-electron chi connectivity index (χ2n) is 10.8. The Morgan fingerprint density at radius 3 is 1.95 bits per heavy atom. The van der Waals surface area contributed by atoms with E-state index in [1.807, 2.05) is 66.7 Å². The zero-order valence-electron chi connectivity index (χ0n) is 24.9. The molecule has 0 aliphatic carbocycles. The Balaban J connectivity index is 1.44. The van der Waals surface area contributed by atoms with Gasteiger partial charge in [0.25, 0.3) is 11.8 Å². The van der Waals surface area contributed by atoms with Gasteiger partial charge in [0.2, 0.25) is 5.91 Å². The van der Waals surface area contributed by atoms with Gasteiger partial charge in [-0.1, -0.05) is 88.4 Å². The third-order valence-electron chi connectivity index (χ3n) is 6.77. The highest BCUT2D eigenvalue weighted by Crippen LogP contribution is 2.23. The fraction of sp³-hybridized carbons (Fsp3) is 0.194. The van der Waals surface area contributed by atoms with E-state index in [4.69, 9.17) is 0 Å². The van der Waals surface area contributed by atoms with E-state index >= 15 is 0 Å². The van der Waals surface area contributed by atoms with Crippen LogP contribution < -0.4 is 16.0 Å². The molecule has 0 aromatic heterocycles. The number of carbonyl (C=O) groups is 3. The van der Waals surface area contributed by atoms with Gasteiger partial charge < -0.3 is 16.0 Å². The maximum atomic E-state index is 13.4. The molecule has 220 valence electrons. The Morgan fingerprint density at radius 2 is 1.33 bits per heavy atom. The largest absolute Gasteiger partial charge is 0.325 e. The third kappa shape index (κ3) is 9.45. The SMILES string of the molecule is CC(C)c1ccc(/C=C(/NC(=O)c2ccccc2)C(=O)Nc2cccc(SCC(=O)Nc3ccc(C(C)C)cc3)c2)cc1. The summed E-state index contributed by atoms with van der Waals surface area (Å²) in [6.07, 6.45) is 1.66. The van der Waals surface area contributed by atoms with Gasteiger partial charge in [0, 0.05) is 21.8 Å². The molecule has 4 aromatic rings. The van der Waals surface area contributed by atoms with Crippen LogP contribution in [-0.4, -0.2) is 23.5 Å². The van der Waals surface area contributed by atoms with E-state index in [0.29, 0.717) is 23.1 Å². The van der Waals surface area contributed by atoms with Crippen LogP contribution in [0.4, 0.5) is 11.4 Å². The van der Waals surface area contributed by atoms with Crippen molar-refractivity contribution in [1.82, 2.24) is 5.32 Å². The first-order valence-electron chi connectivity index (χ1n) is 14.3. The number of nitrogens with one attached hydrogen (secondary N) is 3. The zero-order chi connectivity index (χ0) is 30.8. The van der Waals surface area contributed by atoms with Crippen molar-refractivity contribution in [3.8, 4) is 0 Å². The summed E-state index contributed by atoms with van der Waals surface area (Å²) in [5.41, 5.74) is 5.06. The van der Waals surface area contributed by atoms with Crippen LogP contribution in [0, 0.1) is 0 Å². The summed E-state index contributed by atoms with van der Waals surface area (Å²) in [4.78, 5) is 39.8. The Morgan fingerprint density at radius 1 is 0.698 bits per heavy atom. The molecule has 3 amide bonds. The Hall–Kier alpha value is -4.62. The number of carbonyl (C=O) groups excluding carboxylic acids is 3. The maximum Gasteiger partial charge on any atom is 0.272 e. The van der Waals surface area contributed by atoms with Gasteiger partial charge in [-0.2, -0.15) is 0 Å². The molecule has 7 heteroatoms. The molecule has 0 radical (unpaired) electrons. The summed E-state index contributed by atoms with van der Waals surface area (Å²) in [5.74, 6) is 0.0710. The number of amides is 3. The van der Waals surface area contributed by atoms with Crippen LogP contribution in [0.3, 0.4) is 0 Å². The standard InChI is InChI=1S/C36H37N3O3S/c1-24(2)27-15-13-26(14-16-27)21-33(39-35(41)29-9-6-5-7-10-29)36(42)38-31-11-8-12-32(22-31)43-23-34(40)37-30-19-17-28(18-20-30)25(3)4/h5-22,24-25H,23H2,1-4H3,(H,37,40)(H,38,42)(H,39,41)/b33-21+. The molecule has 0 aliphatic rings. The third-order valence-corrected chi connectivity index (χ3v) is 7.76. The fourth-order valence-electron chi connectivity index (χ4n) is 4.25. The summed E-state index contributed by atoms with van der Waals surface area (Å²) < 4.78 is 0. The number of benzene rings is 4. The lowest BCUT2D eigenvalue weighted by Crippen LogP contribution is -2.30. The monoisotopic (exact) mass is 591 g/mol. The lowest BCUT2D eigenvalue weighted by atomic mass is 10.0. The van der Waals surface area contributed by atoms with Crippen molar-refractivity contribution in [3.63, 3.8) is 0 Å². The van der Waals surface area contributed by atoms with Gasteiger partial charge >= 0.3 is 0 Å². The molecule has 0 bridgehead atoms. The quantitative estimate of drug-likeness (QED) is 0.122. The summed E-state index contributed by atoms with van der Waals surface area (Å²) in [5, 5.41) is 8.60. The molecule has 0 unspecified atom stereocenters. The molecule has 0 saturated heterocycles. The van der Waals surface area contributed by atoms with Gasteiger partial charge in [0.05, 0.1) is 5.75 Å². The van der Waals surface area contributed by atoms with E-state index in [1.54, 1.807) is 42.5 Å². The molecule has 4 rings (SSSR count). The van der Waals surface area contributed by atoms with Gasteiger partial charge in [-0.3, -0.25) is 14.4 Å². The molecule has 4 aromatic carbocycles. The molecule has 0 heterocycles. The van der Waals surface area contributed by atoms with E-state index in [1.165, 1.54) is 22.9 Å². The van der Waals surface area contributed by atoms with E-state index in [9.17, 15) is 14.4 Å². The summed E-state index contributed by atoms with van der Waals surface area (Å²) >= 11 is 1.37. The van der Waals surface area contributed by atoms with E-state index in [0.717, 1.165) is 16.1 Å². The van der Waals surface area contributed by atoms with Crippen molar-refractivity contribution >= 4 is 46.9 Å². The number of thioether (sulfide) groups is 1. The number of hydrogen-bond donors (Lipinski definition) is 3. The minimum absolute atomic E-state index is 0.117. The van der Waals surface area contributed by atoms with Crippen LogP contribution in [0.2, 0.25) is 0 Å². The molecule has 0 saturated carbocycles. The molecule has 0 fully saturated rings. The molecule has 6 nitrogen and oxygen atoms in total. The van der Waals surface area contributed by atoms with Crippen molar-refractivity contribution in [1.29, 1.82) is 0 Å². The highest BCUT2D eigenvalue weighted by atomic mass is 32.2. The first-order valence-corrected chi connectivity index (χ1v) is 15.3. The Bertz CT molecular complexity index is 1580. The molecule has 3 N–H and O–H groups in total. The van der Waals surface area contributed by atoms with E-state index in [-0.39, 0.29) is 23.3 Å². The first kappa shape index (κ1) is 31.3. The predicted octanol–water partition coefficient (Wildman–Crippen LogP) is 8.07. The van der Waals surface area contributed by atoms with Crippen molar-refractivity contribution in [2.75, 3.05) is 16.4 Å². The fourth-order valence-corrected chi connectivity index (χ4v) is 5.00. The topological polar surface area (TPSA) is 87.3 Å². The minimum atomic E-state index is -0.457. The average Bonchev–Trinajstić information content (AvgIpc) is 3.01. The van der Waals surface area contributed by atoms with E-state index < -0.39 is 5.91 Å². The lowest BCUT2D eigenvalue weighted by molar-refractivity contribution is -0.114. The van der Waals surface area contributed by atoms with Crippen LogP contribution in [0.25, 0.3) is 6.08 Å². The summed E-state index contributed by atoms with van der Waals surface area (Å²) in [6, 6.07) is 31.8. The smallest absolute Gasteiger partial charge is 0.272 e. The first-order chi connectivity index (χ1) is 20.7. The summed E-state index contributed by atoms with van der Waals surface area (Å²) in [7, 11) is 0. The van der Waals surface area contributed by atoms with Gasteiger partial charge in [-0.15, -0.1) is 11.8 Å². The van der Waals surface area contributed by atoms with Gasteiger partial charge in [0.15, 0.2) is 0 Å². The van der Waals surface area contributed by atoms with Gasteiger partial charge in [0.1, 0.15) is 5.70 Å². The van der Waals surface area contributed by atoms with Crippen molar-refractivity contribution in [2.45, 2.75) is 44.4 Å². The average molecular weight is 592 g/mol. The van der Waals surface area contributed by atoms with Crippen molar-refractivity contribution in [2.24, 2.45) is 0 Å². The number of anilines is 2. The normalized spacial score (nSPS) is 11.3. The van der Waals surface area contributed by atoms with Crippen LogP contribution in [0.5, 0.6) is 0 Å². The van der Waals surface area contributed by atoms with Crippen molar-refractivity contribution < 1.29 is 14.4 Å². The van der Waals surface area contributed by atoms with Crippen LogP contribution in [0.1, 0.15) is 66.6 Å². The van der Waals surface area contributed by atoms with Crippen LogP contribution in [0.15, 0.2) is 114 Å². The zero-order valence-corrected chi connectivity index (χ0v) is 25.7. The number of hydrogen-bond acceptors (Lipinski definition) is 4. The van der Waals surface area contributed by atoms with Gasteiger partial charge in [-0.25, -0.2) is 0 Å². The Kier molecular flexibility index (Phi) is 10.9.